The maximum atomic E-state index is 10.7. The van der Waals surface area contributed by atoms with Crippen molar-refractivity contribution in [3.8, 4) is 0 Å². The van der Waals surface area contributed by atoms with Gasteiger partial charge in [-0.25, -0.2) is 0 Å². The zero-order chi connectivity index (χ0) is 20.0. The summed E-state index contributed by atoms with van der Waals surface area (Å²) in [5.74, 6) is 0. The number of hydrogen-bond acceptors (Lipinski definition) is 4. The summed E-state index contributed by atoms with van der Waals surface area (Å²) >= 11 is 0. The topological polar surface area (TPSA) is 58.9 Å². The Kier molecular flexibility index (Phi) is 8.28. The quantitative estimate of drug-likeness (QED) is 0.465. The van der Waals surface area contributed by atoms with Crippen LogP contribution in [0.5, 0.6) is 0 Å². The van der Waals surface area contributed by atoms with Crippen molar-refractivity contribution in [2.45, 2.75) is 84.2 Å². The van der Waals surface area contributed by atoms with Gasteiger partial charge in [-0.3, -0.25) is 0 Å². The third kappa shape index (κ3) is 7.36. The molecule has 2 atom stereocenters. The molecule has 0 aromatic carbocycles. The van der Waals surface area contributed by atoms with E-state index in [-0.39, 0.29) is 5.41 Å². The van der Waals surface area contributed by atoms with E-state index in [0.29, 0.717) is 12.8 Å². The lowest BCUT2D eigenvalue weighted by molar-refractivity contribution is -0.131. The molecular weight excluding hydrogens is 328 g/mol. The van der Waals surface area contributed by atoms with Crippen LogP contribution in [0, 0.1) is 5.41 Å². The van der Waals surface area contributed by atoms with Crippen molar-refractivity contribution in [3.63, 3.8) is 0 Å². The molecule has 0 bridgehead atoms. The lowest BCUT2D eigenvalue weighted by Gasteiger charge is -2.33. The van der Waals surface area contributed by atoms with Crippen molar-refractivity contribution in [3.05, 3.63) is 35.5 Å². The minimum atomic E-state index is -1.05. The Labute approximate surface area is 159 Å². The molecule has 2 N–H and O–H groups in total. The smallest absolute Gasteiger partial charge is 0.159 e. The highest BCUT2D eigenvalue weighted by atomic mass is 16.7. The van der Waals surface area contributed by atoms with Gasteiger partial charge in [-0.1, -0.05) is 43.7 Å². The first-order valence-electron chi connectivity index (χ1n) is 9.50. The van der Waals surface area contributed by atoms with Crippen molar-refractivity contribution >= 4 is 0 Å². The second kappa shape index (κ2) is 9.32. The van der Waals surface area contributed by atoms with Gasteiger partial charge in [-0.2, -0.15) is 0 Å². The summed E-state index contributed by atoms with van der Waals surface area (Å²) in [6.07, 6.45) is 11.3. The third-order valence-corrected chi connectivity index (χ3v) is 5.27. The van der Waals surface area contributed by atoms with Gasteiger partial charge in [0.05, 0.1) is 11.2 Å². The summed E-state index contributed by atoms with van der Waals surface area (Å²) in [5.41, 5.74) is 0.889. The molecule has 0 amide bonds. The van der Waals surface area contributed by atoms with E-state index in [2.05, 4.69) is 26.8 Å². The molecule has 0 spiro atoms. The Hall–Kier alpha value is -0.940. The maximum Gasteiger partial charge on any atom is 0.159 e. The van der Waals surface area contributed by atoms with Gasteiger partial charge in [0.2, 0.25) is 0 Å². The van der Waals surface area contributed by atoms with Gasteiger partial charge in [0.1, 0.15) is 0 Å². The number of aliphatic hydroxyl groups is 2. The summed E-state index contributed by atoms with van der Waals surface area (Å²) in [4.78, 5) is 0. The average Bonchev–Trinajstić information content (AvgIpc) is 2.51. The van der Waals surface area contributed by atoms with Crippen LogP contribution < -0.4 is 0 Å². The van der Waals surface area contributed by atoms with Gasteiger partial charge in [0, 0.05) is 20.6 Å². The predicted octanol–water partition coefficient (Wildman–Crippen LogP) is 4.53. The van der Waals surface area contributed by atoms with Gasteiger partial charge in [0.25, 0.3) is 0 Å². The van der Waals surface area contributed by atoms with Crippen molar-refractivity contribution in [1.82, 2.24) is 0 Å². The standard InChI is InChI=1S/C22H38O4/c1-17-10-8-12-20(2,3)18(17)11-15-21(4,23)13-9-14-22(5,24)16-19(25-6)26-7/h9,11,14-15,19,23-24H,8,10,12-13,16H2,1-7H3/b14-9+,15-11+. The average molecular weight is 367 g/mol. The van der Waals surface area contributed by atoms with Crippen LogP contribution in [0.15, 0.2) is 35.5 Å². The van der Waals surface area contributed by atoms with Crippen LogP contribution in [0.1, 0.15) is 66.7 Å². The molecule has 1 aliphatic rings. The highest BCUT2D eigenvalue weighted by Crippen LogP contribution is 2.41. The van der Waals surface area contributed by atoms with E-state index in [1.807, 2.05) is 12.2 Å². The summed E-state index contributed by atoms with van der Waals surface area (Å²) in [6, 6.07) is 0. The zero-order valence-electron chi connectivity index (χ0n) is 17.6. The molecule has 1 aliphatic carbocycles. The molecule has 150 valence electrons. The molecule has 26 heavy (non-hydrogen) atoms. The Morgan fingerprint density at radius 1 is 1.12 bits per heavy atom. The van der Waals surface area contributed by atoms with Crippen LogP contribution >= 0.6 is 0 Å². The first-order valence-corrected chi connectivity index (χ1v) is 9.50. The highest BCUT2D eigenvalue weighted by molar-refractivity contribution is 5.33. The largest absolute Gasteiger partial charge is 0.386 e. The van der Waals surface area contributed by atoms with Crippen molar-refractivity contribution in [2.75, 3.05) is 14.2 Å². The van der Waals surface area contributed by atoms with E-state index in [1.54, 1.807) is 34.1 Å². The summed E-state index contributed by atoms with van der Waals surface area (Å²) in [6.45, 7) is 10.2. The number of ether oxygens (including phenoxy) is 2. The fourth-order valence-corrected chi connectivity index (χ4v) is 3.56. The molecule has 4 heteroatoms. The van der Waals surface area contributed by atoms with Gasteiger partial charge in [-0.15, -0.1) is 0 Å². The summed E-state index contributed by atoms with van der Waals surface area (Å²) in [7, 11) is 3.10. The highest BCUT2D eigenvalue weighted by Gasteiger charge is 2.27. The van der Waals surface area contributed by atoms with Crippen molar-refractivity contribution < 1.29 is 19.7 Å². The SMILES string of the molecule is COC(CC(C)(O)/C=C/CC(C)(O)/C=C/C1=C(C)CCCC1(C)C)OC. The normalized spacial score (nSPS) is 23.0. The number of rotatable bonds is 9. The molecular formula is C22H38O4. The van der Waals surface area contributed by atoms with E-state index >= 15 is 0 Å². The monoisotopic (exact) mass is 366 g/mol. The van der Waals surface area contributed by atoms with Crippen LogP contribution in [0.4, 0.5) is 0 Å². The Bertz CT molecular complexity index is 534. The summed E-state index contributed by atoms with van der Waals surface area (Å²) in [5, 5.41) is 21.1. The van der Waals surface area contributed by atoms with E-state index in [0.717, 1.165) is 6.42 Å². The second-order valence-corrected chi connectivity index (χ2v) is 8.69. The van der Waals surface area contributed by atoms with Crippen LogP contribution in [0.3, 0.4) is 0 Å². The Morgan fingerprint density at radius 2 is 1.73 bits per heavy atom. The molecule has 1 rings (SSSR count). The lowest BCUT2D eigenvalue weighted by atomic mass is 9.72. The minimum absolute atomic E-state index is 0.156. The second-order valence-electron chi connectivity index (χ2n) is 8.69. The van der Waals surface area contributed by atoms with E-state index in [4.69, 9.17) is 9.47 Å². The number of hydrogen-bond donors (Lipinski definition) is 2. The van der Waals surface area contributed by atoms with Crippen LogP contribution in [-0.2, 0) is 9.47 Å². The van der Waals surface area contributed by atoms with Gasteiger partial charge in [0.15, 0.2) is 6.29 Å². The molecule has 0 aliphatic heterocycles. The van der Waals surface area contributed by atoms with E-state index < -0.39 is 17.5 Å². The van der Waals surface area contributed by atoms with Gasteiger partial charge >= 0.3 is 0 Å². The van der Waals surface area contributed by atoms with Gasteiger partial charge in [-0.05, 0) is 57.4 Å². The molecule has 0 aromatic heterocycles. The molecule has 0 radical (unpaired) electrons. The molecule has 0 heterocycles. The first-order chi connectivity index (χ1) is 11.9. The molecule has 0 saturated heterocycles. The first kappa shape index (κ1) is 23.1. The van der Waals surface area contributed by atoms with Crippen LogP contribution in [0.2, 0.25) is 0 Å². The zero-order valence-corrected chi connectivity index (χ0v) is 17.6. The maximum absolute atomic E-state index is 10.7. The van der Waals surface area contributed by atoms with E-state index in [1.165, 1.54) is 24.0 Å². The predicted molar refractivity (Wildman–Crippen MR) is 107 cm³/mol. The molecule has 0 aromatic rings. The molecule has 0 fully saturated rings. The third-order valence-electron chi connectivity index (χ3n) is 5.27. The number of methoxy groups -OCH3 is 2. The van der Waals surface area contributed by atoms with E-state index in [9.17, 15) is 10.2 Å². The van der Waals surface area contributed by atoms with Gasteiger partial charge < -0.3 is 19.7 Å². The van der Waals surface area contributed by atoms with Crippen molar-refractivity contribution in [1.29, 1.82) is 0 Å². The van der Waals surface area contributed by atoms with Crippen LogP contribution in [-0.4, -0.2) is 41.9 Å². The fraction of sp³-hybridized carbons (Fsp3) is 0.727. The molecule has 4 nitrogen and oxygen atoms in total. The minimum Gasteiger partial charge on any atom is -0.386 e. The fourth-order valence-electron chi connectivity index (χ4n) is 3.56. The Morgan fingerprint density at radius 3 is 2.27 bits per heavy atom. The number of allylic oxidation sites excluding steroid dienone is 3. The van der Waals surface area contributed by atoms with Crippen molar-refractivity contribution in [2.24, 2.45) is 5.41 Å². The van der Waals surface area contributed by atoms with Crippen LogP contribution in [0.25, 0.3) is 0 Å². The Balaban J connectivity index is 2.74. The lowest BCUT2D eigenvalue weighted by Crippen LogP contribution is -2.30. The molecule has 2 unspecified atom stereocenters. The summed E-state index contributed by atoms with van der Waals surface area (Å²) < 4.78 is 10.3. The molecule has 0 saturated carbocycles.